The first-order chi connectivity index (χ1) is 12.6. The molecule has 8 heteroatoms. The fourth-order valence-electron chi connectivity index (χ4n) is 2.40. The summed E-state index contributed by atoms with van der Waals surface area (Å²) in [5, 5.41) is 12.2. The quantitative estimate of drug-likeness (QED) is 0.697. The molecule has 1 amide bonds. The average molecular weight is 391 g/mol. The van der Waals surface area contributed by atoms with E-state index < -0.39 is 0 Å². The van der Waals surface area contributed by atoms with E-state index in [4.69, 9.17) is 27.9 Å². The fraction of sp³-hybridized carbons (Fsp3) is 0.167. The number of benzene rings is 2. The summed E-state index contributed by atoms with van der Waals surface area (Å²) in [4.78, 5) is 12.5. The summed E-state index contributed by atoms with van der Waals surface area (Å²) in [6.07, 6.45) is 0. The first-order valence-electron chi connectivity index (χ1n) is 7.80. The lowest BCUT2D eigenvalue weighted by Crippen LogP contribution is -2.24. The Kier molecular flexibility index (Phi) is 5.88. The maximum absolute atomic E-state index is 12.5. The Hall–Kier alpha value is -2.41. The maximum Gasteiger partial charge on any atom is 0.274 e. The van der Waals surface area contributed by atoms with E-state index >= 15 is 0 Å². The van der Waals surface area contributed by atoms with Crippen molar-refractivity contribution in [2.45, 2.75) is 13.2 Å². The fourth-order valence-corrected chi connectivity index (χ4v) is 2.65. The molecule has 0 bridgehead atoms. The van der Waals surface area contributed by atoms with Crippen molar-refractivity contribution in [3.05, 3.63) is 75.5 Å². The Morgan fingerprint density at radius 1 is 1.08 bits per heavy atom. The molecule has 3 rings (SSSR count). The molecule has 1 aromatic heterocycles. The number of aromatic nitrogens is 3. The predicted octanol–water partition coefficient (Wildman–Crippen LogP) is 3.65. The number of ether oxygens (including phenoxy) is 1. The van der Waals surface area contributed by atoms with Crippen molar-refractivity contribution in [3.8, 4) is 5.69 Å². The SMILES string of the molecule is COCc1c(C(=O)NCc2ccc(Cl)cc2)nnn1-c1ccc(Cl)cc1. The van der Waals surface area contributed by atoms with Crippen LogP contribution in [-0.4, -0.2) is 28.0 Å². The van der Waals surface area contributed by atoms with Crippen LogP contribution in [0.3, 0.4) is 0 Å². The normalized spacial score (nSPS) is 10.7. The highest BCUT2D eigenvalue weighted by Crippen LogP contribution is 2.17. The lowest BCUT2D eigenvalue weighted by atomic mass is 10.2. The van der Waals surface area contributed by atoms with Crippen LogP contribution in [0.2, 0.25) is 10.0 Å². The van der Waals surface area contributed by atoms with Crippen LogP contribution >= 0.6 is 23.2 Å². The molecule has 6 nitrogen and oxygen atoms in total. The molecule has 1 N–H and O–H groups in total. The number of carbonyl (C=O) groups is 1. The minimum absolute atomic E-state index is 0.194. The minimum Gasteiger partial charge on any atom is -0.378 e. The largest absolute Gasteiger partial charge is 0.378 e. The minimum atomic E-state index is -0.327. The maximum atomic E-state index is 12.5. The van der Waals surface area contributed by atoms with Gasteiger partial charge in [-0.3, -0.25) is 4.79 Å². The second-order valence-electron chi connectivity index (χ2n) is 5.52. The Morgan fingerprint density at radius 3 is 2.31 bits per heavy atom. The molecule has 0 aliphatic carbocycles. The van der Waals surface area contributed by atoms with E-state index in [-0.39, 0.29) is 18.2 Å². The highest BCUT2D eigenvalue weighted by molar-refractivity contribution is 6.30. The van der Waals surface area contributed by atoms with Gasteiger partial charge in [0.15, 0.2) is 5.69 Å². The molecular formula is C18H16Cl2N4O2. The standard InChI is InChI=1S/C18H16Cl2N4O2/c1-26-11-16-17(18(25)21-10-12-2-4-13(19)5-3-12)22-23-24(16)15-8-6-14(20)7-9-15/h2-9H,10-11H2,1H3,(H,21,25). The Morgan fingerprint density at radius 2 is 1.69 bits per heavy atom. The van der Waals surface area contributed by atoms with Gasteiger partial charge in [0.25, 0.3) is 5.91 Å². The average Bonchev–Trinajstić information content (AvgIpc) is 3.06. The van der Waals surface area contributed by atoms with E-state index in [1.807, 2.05) is 12.1 Å². The van der Waals surface area contributed by atoms with Crippen molar-refractivity contribution in [1.82, 2.24) is 20.3 Å². The molecule has 0 saturated heterocycles. The third-order valence-corrected chi connectivity index (χ3v) is 4.20. The molecule has 2 aromatic carbocycles. The zero-order valence-corrected chi connectivity index (χ0v) is 15.5. The van der Waals surface area contributed by atoms with Gasteiger partial charge in [-0.1, -0.05) is 40.5 Å². The number of methoxy groups -OCH3 is 1. The summed E-state index contributed by atoms with van der Waals surface area (Å²) >= 11 is 11.8. The van der Waals surface area contributed by atoms with E-state index in [9.17, 15) is 4.79 Å². The van der Waals surface area contributed by atoms with Gasteiger partial charge in [-0.25, -0.2) is 4.68 Å². The summed E-state index contributed by atoms with van der Waals surface area (Å²) < 4.78 is 6.78. The summed E-state index contributed by atoms with van der Waals surface area (Å²) in [6, 6.07) is 14.3. The van der Waals surface area contributed by atoms with Crippen molar-refractivity contribution in [2.24, 2.45) is 0 Å². The molecule has 0 fully saturated rings. The molecule has 0 radical (unpaired) electrons. The van der Waals surface area contributed by atoms with Crippen LogP contribution in [0.1, 0.15) is 21.7 Å². The molecular weight excluding hydrogens is 375 g/mol. The van der Waals surface area contributed by atoms with Crippen molar-refractivity contribution >= 4 is 29.1 Å². The number of nitrogens with one attached hydrogen (secondary N) is 1. The van der Waals surface area contributed by atoms with E-state index in [2.05, 4.69) is 15.6 Å². The van der Waals surface area contributed by atoms with Gasteiger partial charge >= 0.3 is 0 Å². The summed E-state index contributed by atoms with van der Waals surface area (Å²) in [6.45, 7) is 0.551. The lowest BCUT2D eigenvalue weighted by molar-refractivity contribution is 0.0940. The molecule has 134 valence electrons. The molecule has 0 saturated carbocycles. The first-order valence-corrected chi connectivity index (χ1v) is 8.56. The van der Waals surface area contributed by atoms with Gasteiger partial charge < -0.3 is 10.1 Å². The molecule has 0 aliphatic rings. The van der Waals surface area contributed by atoms with E-state index in [0.29, 0.717) is 22.3 Å². The van der Waals surface area contributed by atoms with Gasteiger partial charge in [0.05, 0.1) is 12.3 Å². The van der Waals surface area contributed by atoms with Crippen LogP contribution in [-0.2, 0) is 17.9 Å². The lowest BCUT2D eigenvalue weighted by Gasteiger charge is -2.08. The predicted molar refractivity (Wildman–Crippen MR) is 99.7 cm³/mol. The molecule has 3 aromatic rings. The number of hydrogen-bond donors (Lipinski definition) is 1. The van der Waals surface area contributed by atoms with Crippen LogP contribution in [0.5, 0.6) is 0 Å². The molecule has 0 unspecified atom stereocenters. The van der Waals surface area contributed by atoms with Gasteiger partial charge in [0, 0.05) is 23.7 Å². The topological polar surface area (TPSA) is 69.0 Å². The second kappa shape index (κ2) is 8.31. The van der Waals surface area contributed by atoms with Crippen LogP contribution in [0.4, 0.5) is 0 Å². The number of carbonyl (C=O) groups excluding carboxylic acids is 1. The van der Waals surface area contributed by atoms with E-state index in [0.717, 1.165) is 11.3 Å². The molecule has 26 heavy (non-hydrogen) atoms. The van der Waals surface area contributed by atoms with Crippen LogP contribution < -0.4 is 5.32 Å². The third-order valence-electron chi connectivity index (χ3n) is 3.70. The van der Waals surface area contributed by atoms with Crippen molar-refractivity contribution in [3.63, 3.8) is 0 Å². The van der Waals surface area contributed by atoms with Crippen LogP contribution in [0.25, 0.3) is 5.69 Å². The number of nitrogens with zero attached hydrogens (tertiary/aromatic N) is 3. The van der Waals surface area contributed by atoms with Crippen LogP contribution in [0, 0.1) is 0 Å². The molecule has 0 atom stereocenters. The summed E-state index contributed by atoms with van der Waals surface area (Å²) in [5.41, 5.74) is 2.45. The summed E-state index contributed by atoms with van der Waals surface area (Å²) in [5.74, 6) is -0.327. The smallest absolute Gasteiger partial charge is 0.274 e. The van der Waals surface area contributed by atoms with Crippen molar-refractivity contribution in [2.75, 3.05) is 7.11 Å². The first kappa shape index (κ1) is 18.4. The highest BCUT2D eigenvalue weighted by Gasteiger charge is 2.20. The Bertz CT molecular complexity index is 893. The number of amides is 1. The van der Waals surface area contributed by atoms with Crippen LogP contribution in [0.15, 0.2) is 48.5 Å². The number of hydrogen-bond acceptors (Lipinski definition) is 4. The summed E-state index contributed by atoms with van der Waals surface area (Å²) in [7, 11) is 1.55. The second-order valence-corrected chi connectivity index (χ2v) is 6.39. The van der Waals surface area contributed by atoms with Crippen molar-refractivity contribution < 1.29 is 9.53 Å². The van der Waals surface area contributed by atoms with Crippen molar-refractivity contribution in [1.29, 1.82) is 0 Å². The molecule has 0 aliphatic heterocycles. The zero-order chi connectivity index (χ0) is 18.5. The van der Waals surface area contributed by atoms with Gasteiger partial charge in [-0.2, -0.15) is 0 Å². The zero-order valence-electron chi connectivity index (χ0n) is 13.9. The Balaban J connectivity index is 1.81. The van der Waals surface area contributed by atoms with E-state index in [1.54, 1.807) is 48.2 Å². The van der Waals surface area contributed by atoms with Gasteiger partial charge in [0.1, 0.15) is 5.69 Å². The number of rotatable bonds is 6. The van der Waals surface area contributed by atoms with Gasteiger partial charge in [0.2, 0.25) is 0 Å². The highest BCUT2D eigenvalue weighted by atomic mass is 35.5. The van der Waals surface area contributed by atoms with Gasteiger partial charge in [-0.15, -0.1) is 5.10 Å². The third kappa shape index (κ3) is 4.22. The monoisotopic (exact) mass is 390 g/mol. The van der Waals surface area contributed by atoms with Gasteiger partial charge in [-0.05, 0) is 42.0 Å². The van der Waals surface area contributed by atoms with E-state index in [1.165, 1.54) is 0 Å². The Labute approximate surface area is 160 Å². The molecule has 0 spiro atoms. The number of halogens is 2. The molecule has 1 heterocycles.